The zero-order chi connectivity index (χ0) is 8.97. The first kappa shape index (κ1) is 9.96. The van der Waals surface area contributed by atoms with Crippen LogP contribution >= 0.6 is 0 Å². The maximum absolute atomic E-state index is 5.52. The molecule has 1 aliphatic rings. The van der Waals surface area contributed by atoms with Gasteiger partial charge in [0.05, 0.1) is 12.7 Å². The van der Waals surface area contributed by atoms with Gasteiger partial charge >= 0.3 is 0 Å². The van der Waals surface area contributed by atoms with E-state index in [9.17, 15) is 0 Å². The van der Waals surface area contributed by atoms with Gasteiger partial charge in [-0.25, -0.2) is 0 Å². The van der Waals surface area contributed by atoms with Crippen molar-refractivity contribution in [3.63, 3.8) is 0 Å². The van der Waals surface area contributed by atoms with Crippen LogP contribution in [-0.2, 0) is 14.2 Å². The minimum absolute atomic E-state index is 0.120. The predicted octanol–water partition coefficient (Wildman–Crippen LogP) is 1.22. The highest BCUT2D eigenvalue weighted by Crippen LogP contribution is 2.21. The molecule has 1 aliphatic heterocycles. The van der Waals surface area contributed by atoms with Crippen LogP contribution in [0.2, 0.25) is 0 Å². The van der Waals surface area contributed by atoms with Crippen molar-refractivity contribution in [2.75, 3.05) is 20.3 Å². The Kier molecular flexibility index (Phi) is 3.98. The second kappa shape index (κ2) is 4.80. The Balaban J connectivity index is 2.44. The molecule has 1 saturated heterocycles. The molecule has 1 fully saturated rings. The fraction of sp³-hybridized carbons (Fsp3) is 1.00. The molecule has 12 heavy (non-hydrogen) atoms. The van der Waals surface area contributed by atoms with Crippen molar-refractivity contribution in [2.45, 2.75) is 38.6 Å². The van der Waals surface area contributed by atoms with Gasteiger partial charge in [0.2, 0.25) is 0 Å². The number of hydrogen-bond donors (Lipinski definition) is 0. The Labute approximate surface area is 74.0 Å². The summed E-state index contributed by atoms with van der Waals surface area (Å²) in [5, 5.41) is 0. The van der Waals surface area contributed by atoms with Crippen LogP contribution in [0.5, 0.6) is 0 Å². The van der Waals surface area contributed by atoms with Gasteiger partial charge in [-0.05, 0) is 13.3 Å². The summed E-state index contributed by atoms with van der Waals surface area (Å²) in [6.07, 6.45) is 1.45. The Morgan fingerprint density at radius 1 is 1.42 bits per heavy atom. The van der Waals surface area contributed by atoms with Crippen molar-refractivity contribution < 1.29 is 14.2 Å². The summed E-state index contributed by atoms with van der Waals surface area (Å²) in [5.74, 6) is 0. The van der Waals surface area contributed by atoms with E-state index in [0.717, 1.165) is 13.0 Å². The van der Waals surface area contributed by atoms with Crippen LogP contribution in [0.3, 0.4) is 0 Å². The first-order chi connectivity index (χ1) is 5.83. The highest BCUT2D eigenvalue weighted by atomic mass is 16.6. The fourth-order valence-corrected chi connectivity index (χ4v) is 1.66. The van der Waals surface area contributed by atoms with Gasteiger partial charge < -0.3 is 14.2 Å². The van der Waals surface area contributed by atoms with Gasteiger partial charge in [0, 0.05) is 13.7 Å². The second-order valence-corrected chi connectivity index (χ2v) is 2.97. The van der Waals surface area contributed by atoms with Gasteiger partial charge in [0.15, 0.2) is 0 Å². The molecule has 0 aromatic heterocycles. The third kappa shape index (κ3) is 1.97. The van der Waals surface area contributed by atoms with E-state index in [4.69, 9.17) is 14.2 Å². The lowest BCUT2D eigenvalue weighted by molar-refractivity contribution is -0.0381. The van der Waals surface area contributed by atoms with Crippen LogP contribution < -0.4 is 0 Å². The summed E-state index contributed by atoms with van der Waals surface area (Å²) in [6.45, 7) is 5.49. The van der Waals surface area contributed by atoms with E-state index < -0.39 is 0 Å². The lowest BCUT2D eigenvalue weighted by Gasteiger charge is -2.19. The van der Waals surface area contributed by atoms with Crippen molar-refractivity contribution in [2.24, 2.45) is 0 Å². The molecule has 0 spiro atoms. The van der Waals surface area contributed by atoms with E-state index in [2.05, 4.69) is 6.92 Å². The maximum atomic E-state index is 5.52. The molecule has 3 unspecified atom stereocenters. The SMILES string of the molecule is CCOC1COC(CC)C1OC. The Hall–Kier alpha value is -0.120. The number of hydrogen-bond acceptors (Lipinski definition) is 3. The summed E-state index contributed by atoms with van der Waals surface area (Å²) in [6, 6.07) is 0. The van der Waals surface area contributed by atoms with Crippen LogP contribution in [-0.4, -0.2) is 38.6 Å². The summed E-state index contributed by atoms with van der Waals surface area (Å²) < 4.78 is 16.3. The summed E-state index contributed by atoms with van der Waals surface area (Å²) >= 11 is 0. The highest BCUT2D eigenvalue weighted by molar-refractivity contribution is 4.84. The molecular formula is C9H18O3. The van der Waals surface area contributed by atoms with Crippen molar-refractivity contribution in [1.29, 1.82) is 0 Å². The standard InChI is InChI=1S/C9H18O3/c1-4-7-9(10-3)8(6-12-7)11-5-2/h7-9H,4-6H2,1-3H3. The van der Waals surface area contributed by atoms with Crippen LogP contribution in [0.4, 0.5) is 0 Å². The minimum atomic E-state index is 0.120. The maximum Gasteiger partial charge on any atom is 0.112 e. The molecule has 72 valence electrons. The summed E-state index contributed by atoms with van der Waals surface area (Å²) in [4.78, 5) is 0. The van der Waals surface area contributed by atoms with E-state index in [-0.39, 0.29) is 18.3 Å². The molecule has 0 aromatic rings. The molecular weight excluding hydrogens is 156 g/mol. The van der Waals surface area contributed by atoms with E-state index in [1.807, 2.05) is 6.92 Å². The third-order valence-electron chi connectivity index (χ3n) is 2.26. The molecule has 3 nitrogen and oxygen atoms in total. The van der Waals surface area contributed by atoms with Crippen molar-refractivity contribution >= 4 is 0 Å². The second-order valence-electron chi connectivity index (χ2n) is 2.97. The smallest absolute Gasteiger partial charge is 0.112 e. The lowest BCUT2D eigenvalue weighted by Crippen LogP contribution is -2.33. The molecule has 0 aromatic carbocycles. The summed E-state index contributed by atoms with van der Waals surface area (Å²) in [7, 11) is 1.72. The molecule has 1 heterocycles. The quantitative estimate of drug-likeness (QED) is 0.641. The van der Waals surface area contributed by atoms with Crippen LogP contribution in [0, 0.1) is 0 Å². The van der Waals surface area contributed by atoms with Crippen molar-refractivity contribution in [1.82, 2.24) is 0 Å². The third-order valence-corrected chi connectivity index (χ3v) is 2.26. The molecule has 3 atom stereocenters. The average molecular weight is 174 g/mol. The van der Waals surface area contributed by atoms with Crippen LogP contribution in [0.15, 0.2) is 0 Å². The van der Waals surface area contributed by atoms with E-state index in [1.165, 1.54) is 0 Å². The monoisotopic (exact) mass is 174 g/mol. The van der Waals surface area contributed by atoms with E-state index >= 15 is 0 Å². The van der Waals surface area contributed by atoms with Crippen molar-refractivity contribution in [3.8, 4) is 0 Å². The molecule has 0 N–H and O–H groups in total. The van der Waals surface area contributed by atoms with Gasteiger partial charge in [-0.3, -0.25) is 0 Å². The first-order valence-corrected chi connectivity index (χ1v) is 4.59. The van der Waals surface area contributed by atoms with E-state index in [1.54, 1.807) is 7.11 Å². The topological polar surface area (TPSA) is 27.7 Å². The van der Waals surface area contributed by atoms with Crippen LogP contribution in [0.25, 0.3) is 0 Å². The average Bonchev–Trinajstić information content (AvgIpc) is 2.47. The first-order valence-electron chi connectivity index (χ1n) is 4.59. The number of ether oxygens (including phenoxy) is 3. The molecule has 3 heteroatoms. The lowest BCUT2D eigenvalue weighted by atomic mass is 10.1. The Morgan fingerprint density at radius 2 is 2.17 bits per heavy atom. The largest absolute Gasteiger partial charge is 0.376 e. The Morgan fingerprint density at radius 3 is 2.67 bits per heavy atom. The molecule has 0 aliphatic carbocycles. The predicted molar refractivity (Wildman–Crippen MR) is 46.2 cm³/mol. The van der Waals surface area contributed by atoms with Gasteiger partial charge in [0.25, 0.3) is 0 Å². The fourth-order valence-electron chi connectivity index (χ4n) is 1.66. The molecule has 0 bridgehead atoms. The van der Waals surface area contributed by atoms with Gasteiger partial charge in [-0.2, -0.15) is 0 Å². The zero-order valence-electron chi connectivity index (χ0n) is 8.08. The number of rotatable bonds is 4. The van der Waals surface area contributed by atoms with E-state index in [0.29, 0.717) is 6.61 Å². The summed E-state index contributed by atoms with van der Waals surface area (Å²) in [5.41, 5.74) is 0. The molecule has 0 amide bonds. The highest BCUT2D eigenvalue weighted by Gasteiger charge is 2.36. The number of methoxy groups -OCH3 is 1. The van der Waals surface area contributed by atoms with Gasteiger partial charge in [0.1, 0.15) is 12.2 Å². The van der Waals surface area contributed by atoms with Gasteiger partial charge in [-0.15, -0.1) is 0 Å². The Bertz CT molecular complexity index is 127. The molecule has 0 radical (unpaired) electrons. The zero-order valence-corrected chi connectivity index (χ0v) is 8.08. The van der Waals surface area contributed by atoms with Gasteiger partial charge in [-0.1, -0.05) is 6.92 Å². The van der Waals surface area contributed by atoms with Crippen LogP contribution in [0.1, 0.15) is 20.3 Å². The minimum Gasteiger partial charge on any atom is -0.376 e. The van der Waals surface area contributed by atoms with Crippen molar-refractivity contribution in [3.05, 3.63) is 0 Å². The normalized spacial score (nSPS) is 35.8. The molecule has 0 saturated carbocycles. The molecule has 1 rings (SSSR count).